The van der Waals surface area contributed by atoms with Crippen molar-refractivity contribution in [2.45, 2.75) is 6.92 Å². The summed E-state index contributed by atoms with van der Waals surface area (Å²) in [5.41, 5.74) is -0.277. The molecule has 0 fully saturated rings. The number of anilines is 1. The Hall–Kier alpha value is -2.51. The molecule has 0 spiro atoms. The second-order valence-electron chi connectivity index (χ2n) is 4.82. The molecule has 7 nitrogen and oxygen atoms in total. The fourth-order valence-electron chi connectivity index (χ4n) is 2.13. The molecule has 2 rings (SSSR count). The van der Waals surface area contributed by atoms with Crippen LogP contribution in [0.4, 0.5) is 11.4 Å². The lowest BCUT2D eigenvalue weighted by molar-refractivity contribution is -0.385. The molecule has 0 aliphatic heterocycles. The highest BCUT2D eigenvalue weighted by Crippen LogP contribution is 2.35. The van der Waals surface area contributed by atoms with Crippen LogP contribution < -0.4 is 14.8 Å². The summed E-state index contributed by atoms with van der Waals surface area (Å²) >= 11 is 11.8. The van der Waals surface area contributed by atoms with Crippen LogP contribution in [-0.4, -0.2) is 24.5 Å². The van der Waals surface area contributed by atoms with E-state index in [0.717, 1.165) is 6.07 Å². The van der Waals surface area contributed by atoms with Crippen LogP contribution >= 0.6 is 23.2 Å². The van der Waals surface area contributed by atoms with Gasteiger partial charge in [0, 0.05) is 21.8 Å². The van der Waals surface area contributed by atoms with E-state index in [-0.39, 0.29) is 17.1 Å². The van der Waals surface area contributed by atoms with E-state index in [4.69, 9.17) is 32.7 Å². The molecular formula is C16H14Cl2N2O5. The number of rotatable bonds is 6. The summed E-state index contributed by atoms with van der Waals surface area (Å²) in [4.78, 5) is 23.2. The van der Waals surface area contributed by atoms with Gasteiger partial charge in [0.15, 0.2) is 11.5 Å². The maximum Gasteiger partial charge on any atom is 0.286 e. The third-order valence-electron chi connectivity index (χ3n) is 3.14. The van der Waals surface area contributed by atoms with Crippen LogP contribution in [0.25, 0.3) is 0 Å². The van der Waals surface area contributed by atoms with Crippen LogP contribution in [0, 0.1) is 10.1 Å². The Balaban J connectivity index is 2.45. The number of amides is 1. The number of nitro groups is 1. The molecule has 2 aromatic carbocycles. The lowest BCUT2D eigenvalue weighted by atomic mass is 10.1. The Labute approximate surface area is 153 Å². The van der Waals surface area contributed by atoms with Crippen molar-refractivity contribution in [3.63, 3.8) is 0 Å². The Morgan fingerprint density at radius 3 is 2.32 bits per heavy atom. The summed E-state index contributed by atoms with van der Waals surface area (Å²) in [6.07, 6.45) is 0. The Kier molecular flexibility index (Phi) is 6.06. The monoisotopic (exact) mass is 384 g/mol. The van der Waals surface area contributed by atoms with Gasteiger partial charge in [-0.05, 0) is 25.1 Å². The second-order valence-corrected chi connectivity index (χ2v) is 5.70. The zero-order chi connectivity index (χ0) is 18.6. The maximum atomic E-state index is 12.5. The van der Waals surface area contributed by atoms with E-state index in [9.17, 15) is 14.9 Å². The predicted octanol–water partition coefficient (Wildman–Crippen LogP) is 4.56. The molecule has 0 aliphatic rings. The molecular weight excluding hydrogens is 371 g/mol. The SMILES string of the molecule is CCOc1cc([N+](=O)[O-])c(C(=O)Nc2cc(Cl)cc(Cl)c2)cc1OC. The Morgan fingerprint density at radius 1 is 1.16 bits per heavy atom. The van der Waals surface area contributed by atoms with Gasteiger partial charge in [-0.25, -0.2) is 0 Å². The first-order chi connectivity index (χ1) is 11.8. The molecule has 9 heteroatoms. The van der Waals surface area contributed by atoms with E-state index in [1.807, 2.05) is 0 Å². The molecule has 0 atom stereocenters. The first kappa shape index (κ1) is 18.8. The van der Waals surface area contributed by atoms with Gasteiger partial charge >= 0.3 is 0 Å². The first-order valence-electron chi connectivity index (χ1n) is 7.12. The van der Waals surface area contributed by atoms with Crippen molar-refractivity contribution in [2.75, 3.05) is 19.0 Å². The van der Waals surface area contributed by atoms with Gasteiger partial charge in [0.25, 0.3) is 11.6 Å². The fourth-order valence-corrected chi connectivity index (χ4v) is 2.66. The summed E-state index contributed by atoms with van der Waals surface area (Å²) in [7, 11) is 1.38. The number of hydrogen-bond donors (Lipinski definition) is 1. The van der Waals surface area contributed by atoms with Crippen LogP contribution in [0.5, 0.6) is 11.5 Å². The number of carbonyl (C=O) groups is 1. The molecule has 0 aromatic heterocycles. The quantitative estimate of drug-likeness (QED) is 0.582. The Bertz CT molecular complexity index is 806. The summed E-state index contributed by atoms with van der Waals surface area (Å²) in [6.45, 7) is 2.02. The number of halogens is 2. The van der Waals surface area contributed by atoms with Crippen LogP contribution in [0.1, 0.15) is 17.3 Å². The van der Waals surface area contributed by atoms with Crippen LogP contribution in [0.15, 0.2) is 30.3 Å². The number of nitrogens with one attached hydrogen (secondary N) is 1. The maximum absolute atomic E-state index is 12.5. The number of benzene rings is 2. The van der Waals surface area contributed by atoms with Crippen molar-refractivity contribution in [3.8, 4) is 11.5 Å². The van der Waals surface area contributed by atoms with Crippen molar-refractivity contribution < 1.29 is 19.2 Å². The van der Waals surface area contributed by atoms with E-state index in [1.54, 1.807) is 6.92 Å². The molecule has 0 saturated heterocycles. The molecule has 0 aliphatic carbocycles. The van der Waals surface area contributed by atoms with Gasteiger partial charge in [-0.1, -0.05) is 23.2 Å². The topological polar surface area (TPSA) is 90.7 Å². The third kappa shape index (κ3) is 4.52. The van der Waals surface area contributed by atoms with Crippen molar-refractivity contribution >= 4 is 40.5 Å². The third-order valence-corrected chi connectivity index (χ3v) is 3.58. The highest BCUT2D eigenvalue weighted by Gasteiger charge is 2.25. The number of nitro benzene ring substituents is 1. The number of methoxy groups -OCH3 is 1. The number of hydrogen-bond acceptors (Lipinski definition) is 5. The summed E-state index contributed by atoms with van der Waals surface area (Å²) in [6, 6.07) is 6.86. The van der Waals surface area contributed by atoms with Crippen molar-refractivity contribution in [1.29, 1.82) is 0 Å². The van der Waals surface area contributed by atoms with Gasteiger partial charge in [-0.2, -0.15) is 0 Å². The predicted molar refractivity (Wildman–Crippen MR) is 95.2 cm³/mol. The normalized spacial score (nSPS) is 10.2. The smallest absolute Gasteiger partial charge is 0.286 e. The van der Waals surface area contributed by atoms with Crippen molar-refractivity contribution in [2.24, 2.45) is 0 Å². The standard InChI is InChI=1S/C16H14Cl2N2O5/c1-3-25-15-8-13(20(22)23)12(7-14(15)24-2)16(21)19-11-5-9(17)4-10(18)6-11/h4-8H,3H2,1-2H3,(H,19,21). The highest BCUT2D eigenvalue weighted by atomic mass is 35.5. The summed E-state index contributed by atoms with van der Waals surface area (Å²) in [5, 5.41) is 14.5. The largest absolute Gasteiger partial charge is 0.493 e. The molecule has 0 radical (unpaired) electrons. The molecule has 25 heavy (non-hydrogen) atoms. The minimum Gasteiger partial charge on any atom is -0.493 e. The van der Waals surface area contributed by atoms with Gasteiger partial charge < -0.3 is 14.8 Å². The van der Waals surface area contributed by atoms with E-state index < -0.39 is 16.5 Å². The van der Waals surface area contributed by atoms with E-state index in [0.29, 0.717) is 22.3 Å². The number of carbonyl (C=O) groups excluding carboxylic acids is 1. The van der Waals surface area contributed by atoms with Crippen molar-refractivity contribution in [3.05, 3.63) is 56.1 Å². The molecule has 0 bridgehead atoms. The number of nitrogens with zero attached hydrogens (tertiary/aromatic N) is 1. The second kappa shape index (κ2) is 8.04. The van der Waals surface area contributed by atoms with E-state index in [1.165, 1.54) is 31.4 Å². The minimum atomic E-state index is -0.702. The lowest BCUT2D eigenvalue weighted by Gasteiger charge is -2.12. The zero-order valence-electron chi connectivity index (χ0n) is 13.3. The van der Waals surface area contributed by atoms with Gasteiger partial charge in [0.1, 0.15) is 5.56 Å². The van der Waals surface area contributed by atoms with Crippen molar-refractivity contribution in [1.82, 2.24) is 0 Å². The molecule has 1 N–H and O–H groups in total. The van der Waals surface area contributed by atoms with E-state index >= 15 is 0 Å². The molecule has 0 unspecified atom stereocenters. The molecule has 1 amide bonds. The minimum absolute atomic E-state index is 0.179. The van der Waals surface area contributed by atoms with Gasteiger partial charge in [0.2, 0.25) is 0 Å². The Morgan fingerprint density at radius 2 is 1.80 bits per heavy atom. The van der Waals surface area contributed by atoms with Gasteiger partial charge in [-0.15, -0.1) is 0 Å². The average molecular weight is 385 g/mol. The zero-order valence-corrected chi connectivity index (χ0v) is 14.9. The fraction of sp³-hybridized carbons (Fsp3) is 0.188. The van der Waals surface area contributed by atoms with Crippen LogP contribution in [0.3, 0.4) is 0 Å². The van der Waals surface area contributed by atoms with E-state index in [2.05, 4.69) is 5.32 Å². The first-order valence-corrected chi connectivity index (χ1v) is 7.88. The number of ether oxygens (including phenoxy) is 2. The summed E-state index contributed by atoms with van der Waals surface area (Å²) in [5.74, 6) is -0.313. The highest BCUT2D eigenvalue weighted by molar-refractivity contribution is 6.35. The molecule has 0 heterocycles. The van der Waals surface area contributed by atoms with Crippen LogP contribution in [0.2, 0.25) is 10.0 Å². The van der Waals surface area contributed by atoms with Gasteiger partial charge in [0.05, 0.1) is 24.7 Å². The van der Waals surface area contributed by atoms with Gasteiger partial charge in [-0.3, -0.25) is 14.9 Å². The molecule has 132 valence electrons. The summed E-state index contributed by atoms with van der Waals surface area (Å²) < 4.78 is 10.4. The van der Waals surface area contributed by atoms with Crippen LogP contribution in [-0.2, 0) is 0 Å². The molecule has 0 saturated carbocycles. The molecule has 2 aromatic rings. The average Bonchev–Trinajstić information content (AvgIpc) is 2.53. The lowest BCUT2D eigenvalue weighted by Crippen LogP contribution is -2.14.